The average molecular weight is 424 g/mol. The minimum absolute atomic E-state index is 0.0550. The maximum absolute atomic E-state index is 11.8. The van der Waals surface area contributed by atoms with Crippen LogP contribution in [0.15, 0.2) is 54.7 Å². The van der Waals surface area contributed by atoms with Crippen LogP contribution in [0.3, 0.4) is 0 Å². The fourth-order valence-corrected chi connectivity index (χ4v) is 3.32. The summed E-state index contributed by atoms with van der Waals surface area (Å²) in [6, 6.07) is 14.4. The molecule has 7 heteroatoms. The topological polar surface area (TPSA) is 103 Å². The molecule has 0 bridgehead atoms. The van der Waals surface area contributed by atoms with Crippen molar-refractivity contribution in [2.45, 2.75) is 45.3 Å². The molecule has 0 fully saturated rings. The van der Waals surface area contributed by atoms with Crippen LogP contribution in [0.1, 0.15) is 31.9 Å². The third kappa shape index (κ3) is 6.58. The molecule has 0 aliphatic rings. The van der Waals surface area contributed by atoms with Gasteiger partial charge in [0.2, 0.25) is 0 Å². The van der Waals surface area contributed by atoms with Crippen molar-refractivity contribution in [3.05, 3.63) is 65.9 Å². The van der Waals surface area contributed by atoms with E-state index in [2.05, 4.69) is 15.6 Å². The van der Waals surface area contributed by atoms with Crippen LogP contribution in [0.2, 0.25) is 0 Å². The third-order valence-corrected chi connectivity index (χ3v) is 4.76. The van der Waals surface area contributed by atoms with Crippen molar-refractivity contribution < 1.29 is 19.4 Å². The molecule has 7 nitrogen and oxygen atoms in total. The number of para-hydroxylation sites is 1. The lowest BCUT2D eigenvalue weighted by Gasteiger charge is -2.20. The van der Waals surface area contributed by atoms with Gasteiger partial charge in [0.05, 0.1) is 0 Å². The first-order valence-electron chi connectivity index (χ1n) is 10.3. The number of hydrogen-bond acceptors (Lipinski definition) is 4. The number of aromatic nitrogens is 1. The Morgan fingerprint density at radius 1 is 1.10 bits per heavy atom. The van der Waals surface area contributed by atoms with E-state index >= 15 is 0 Å². The fourth-order valence-electron chi connectivity index (χ4n) is 3.32. The second-order valence-electron chi connectivity index (χ2n) is 8.57. The molecule has 0 unspecified atom stereocenters. The first-order chi connectivity index (χ1) is 14.7. The fraction of sp³-hybridized carbons (Fsp3) is 0.333. The predicted octanol–water partition coefficient (Wildman–Crippen LogP) is 3.25. The quantitative estimate of drug-likeness (QED) is 0.423. The van der Waals surface area contributed by atoms with Gasteiger partial charge in [-0.1, -0.05) is 30.3 Å². The van der Waals surface area contributed by atoms with Gasteiger partial charge in [-0.25, -0.2) is 0 Å². The number of carbonyl (C=O) groups is 2. The summed E-state index contributed by atoms with van der Waals surface area (Å²) in [5.41, 5.74) is 2.58. The number of fused-ring (bicyclic) bond motifs is 1. The highest BCUT2D eigenvalue weighted by molar-refractivity contribution is 5.84. The number of benzene rings is 2. The van der Waals surface area contributed by atoms with Crippen molar-refractivity contribution in [2.75, 3.05) is 6.61 Å². The van der Waals surface area contributed by atoms with Gasteiger partial charge >= 0.3 is 5.97 Å². The monoisotopic (exact) mass is 423 g/mol. The van der Waals surface area contributed by atoms with E-state index in [0.29, 0.717) is 18.7 Å². The number of aromatic amines is 1. The van der Waals surface area contributed by atoms with Gasteiger partial charge in [0.25, 0.3) is 5.91 Å². The highest BCUT2D eigenvalue weighted by Gasteiger charge is 2.19. The van der Waals surface area contributed by atoms with Gasteiger partial charge in [0, 0.05) is 35.6 Å². The van der Waals surface area contributed by atoms with Gasteiger partial charge in [-0.05, 0) is 50.1 Å². The standard InChI is InChI=1S/C24H29N3O4/c1-24(2,3)27-22(28)15-31-18-10-8-16(9-11-18)13-25-21(23(29)30)12-17-14-26-20-7-5-4-6-19(17)20/h4-11,14,21,25-26H,12-13,15H2,1-3H3,(H,27,28)(H,29,30)/t21-/m1/s1. The summed E-state index contributed by atoms with van der Waals surface area (Å²) in [7, 11) is 0. The van der Waals surface area contributed by atoms with Gasteiger partial charge in [-0.15, -0.1) is 0 Å². The molecule has 2 aromatic carbocycles. The van der Waals surface area contributed by atoms with E-state index in [1.54, 1.807) is 12.1 Å². The molecule has 0 saturated heterocycles. The molecular weight excluding hydrogens is 394 g/mol. The lowest BCUT2D eigenvalue weighted by molar-refractivity contribution is -0.139. The number of ether oxygens (including phenoxy) is 1. The van der Waals surface area contributed by atoms with Gasteiger partial charge in [-0.2, -0.15) is 0 Å². The lowest BCUT2D eigenvalue weighted by atomic mass is 10.0. The molecule has 1 atom stereocenters. The zero-order valence-corrected chi connectivity index (χ0v) is 18.1. The van der Waals surface area contributed by atoms with Gasteiger partial charge < -0.3 is 25.5 Å². The number of aliphatic carboxylic acids is 1. The summed E-state index contributed by atoms with van der Waals surface area (Å²) in [6.45, 7) is 6.09. The maximum atomic E-state index is 11.8. The smallest absolute Gasteiger partial charge is 0.321 e. The lowest BCUT2D eigenvalue weighted by Crippen LogP contribution is -2.43. The Morgan fingerprint density at radius 3 is 2.48 bits per heavy atom. The van der Waals surface area contributed by atoms with Crippen LogP contribution in [0.25, 0.3) is 10.9 Å². The highest BCUT2D eigenvalue weighted by atomic mass is 16.5. The average Bonchev–Trinajstić information content (AvgIpc) is 3.12. The van der Waals surface area contributed by atoms with Crippen molar-refractivity contribution >= 4 is 22.8 Å². The molecule has 31 heavy (non-hydrogen) atoms. The molecule has 1 heterocycles. The molecule has 1 amide bonds. The number of carboxylic acids is 1. The van der Waals surface area contributed by atoms with E-state index in [9.17, 15) is 14.7 Å². The van der Waals surface area contributed by atoms with Crippen molar-refractivity contribution in [2.24, 2.45) is 0 Å². The van der Waals surface area contributed by atoms with Crippen LogP contribution in [0.5, 0.6) is 5.75 Å². The van der Waals surface area contributed by atoms with E-state index in [4.69, 9.17) is 4.74 Å². The van der Waals surface area contributed by atoms with Gasteiger partial charge in [0.15, 0.2) is 6.61 Å². The zero-order chi connectivity index (χ0) is 22.4. The minimum atomic E-state index is -0.893. The second-order valence-corrected chi connectivity index (χ2v) is 8.57. The molecule has 4 N–H and O–H groups in total. The van der Waals surface area contributed by atoms with Crippen LogP contribution >= 0.6 is 0 Å². The summed E-state index contributed by atoms with van der Waals surface area (Å²) in [6.07, 6.45) is 2.24. The van der Waals surface area contributed by atoms with Crippen LogP contribution in [-0.2, 0) is 22.6 Å². The molecule has 0 aliphatic heterocycles. The van der Waals surface area contributed by atoms with E-state index in [1.807, 2.05) is 63.4 Å². The summed E-state index contributed by atoms with van der Waals surface area (Å²) in [5.74, 6) is -0.490. The first kappa shape index (κ1) is 22.4. The van der Waals surface area contributed by atoms with Gasteiger partial charge in [-0.3, -0.25) is 9.59 Å². The number of carboxylic acid groups (broad SMARTS) is 1. The molecular formula is C24H29N3O4. The molecule has 164 valence electrons. The SMILES string of the molecule is CC(C)(C)NC(=O)COc1ccc(CN[C@H](Cc2c[nH]c3ccccc23)C(=O)O)cc1. The number of nitrogens with one attached hydrogen (secondary N) is 3. The molecule has 0 radical (unpaired) electrons. The molecule has 3 aromatic rings. The molecule has 3 rings (SSSR count). The van der Waals surface area contributed by atoms with Crippen LogP contribution in [-0.4, -0.2) is 40.2 Å². The predicted molar refractivity (Wildman–Crippen MR) is 120 cm³/mol. The summed E-state index contributed by atoms with van der Waals surface area (Å²) in [4.78, 5) is 26.8. The number of hydrogen-bond donors (Lipinski definition) is 4. The minimum Gasteiger partial charge on any atom is -0.484 e. The maximum Gasteiger partial charge on any atom is 0.321 e. The Hall–Kier alpha value is -3.32. The van der Waals surface area contributed by atoms with Gasteiger partial charge in [0.1, 0.15) is 11.8 Å². The zero-order valence-electron chi connectivity index (χ0n) is 18.1. The Morgan fingerprint density at radius 2 is 1.81 bits per heavy atom. The van der Waals surface area contributed by atoms with Crippen molar-refractivity contribution in [1.29, 1.82) is 0 Å². The van der Waals surface area contributed by atoms with Crippen molar-refractivity contribution in [3.8, 4) is 5.75 Å². The Bertz CT molecular complexity index is 1030. The molecule has 0 spiro atoms. The van der Waals surface area contributed by atoms with E-state index < -0.39 is 12.0 Å². The summed E-state index contributed by atoms with van der Waals surface area (Å²) >= 11 is 0. The Kier molecular flexibility index (Phi) is 6.97. The van der Waals surface area contributed by atoms with Crippen molar-refractivity contribution in [1.82, 2.24) is 15.6 Å². The van der Waals surface area contributed by atoms with E-state index in [0.717, 1.165) is 22.0 Å². The number of rotatable bonds is 9. The van der Waals surface area contributed by atoms with E-state index in [1.165, 1.54) is 0 Å². The van der Waals surface area contributed by atoms with E-state index in [-0.39, 0.29) is 18.1 Å². The Labute approximate surface area is 181 Å². The van der Waals surface area contributed by atoms with Crippen molar-refractivity contribution in [3.63, 3.8) is 0 Å². The largest absolute Gasteiger partial charge is 0.484 e. The third-order valence-electron chi connectivity index (χ3n) is 4.76. The Balaban J connectivity index is 1.54. The highest BCUT2D eigenvalue weighted by Crippen LogP contribution is 2.19. The molecule has 1 aromatic heterocycles. The number of carbonyl (C=O) groups excluding carboxylic acids is 1. The number of H-pyrrole nitrogens is 1. The molecule has 0 saturated carbocycles. The summed E-state index contributed by atoms with van der Waals surface area (Å²) < 4.78 is 5.51. The van der Waals surface area contributed by atoms with Crippen LogP contribution in [0, 0.1) is 0 Å². The van der Waals surface area contributed by atoms with Crippen LogP contribution < -0.4 is 15.4 Å². The second kappa shape index (κ2) is 9.66. The normalized spacial score (nSPS) is 12.5. The number of amides is 1. The summed E-state index contributed by atoms with van der Waals surface area (Å²) in [5, 5.41) is 16.6. The molecule has 0 aliphatic carbocycles. The first-order valence-corrected chi connectivity index (χ1v) is 10.3. The van der Waals surface area contributed by atoms with Crippen LogP contribution in [0.4, 0.5) is 0 Å².